The number of morpholine rings is 1. The number of hydrogen-bond acceptors (Lipinski definition) is 7. The van der Waals surface area contributed by atoms with Gasteiger partial charge in [-0.05, 0) is 49.2 Å². The fourth-order valence-electron chi connectivity index (χ4n) is 4.04. The fourth-order valence-corrected chi connectivity index (χ4v) is 5.65. The first kappa shape index (κ1) is 24.1. The molecule has 2 saturated heterocycles. The van der Waals surface area contributed by atoms with E-state index in [9.17, 15) is 22.4 Å². The SMILES string of the molecule is COC(=O)c1cc(N2CCOCC2)ccc1NC(=O)c1ccc(F)c(S(=O)(=O)N2CCCC2)c1. The average Bonchev–Trinajstić information content (AvgIpc) is 3.40. The monoisotopic (exact) mass is 491 g/mol. The standard InChI is InChI=1S/C23H26FN3O6S/c1-32-23(29)18-15-17(26-10-12-33-13-11-26)5-7-20(18)25-22(28)16-4-6-19(24)21(14-16)34(30,31)27-8-2-3-9-27/h4-7,14-15H,2-3,8-13H2,1H3,(H,25,28). The van der Waals surface area contributed by atoms with Gasteiger partial charge in [0, 0.05) is 37.4 Å². The van der Waals surface area contributed by atoms with Crippen molar-refractivity contribution in [2.24, 2.45) is 0 Å². The molecule has 1 amide bonds. The Morgan fingerprint density at radius 1 is 1.03 bits per heavy atom. The Morgan fingerprint density at radius 3 is 2.41 bits per heavy atom. The number of rotatable bonds is 6. The molecule has 0 atom stereocenters. The van der Waals surface area contributed by atoms with E-state index in [1.165, 1.54) is 17.5 Å². The Balaban J connectivity index is 1.61. The summed E-state index contributed by atoms with van der Waals surface area (Å²) in [4.78, 5) is 26.9. The van der Waals surface area contributed by atoms with E-state index in [4.69, 9.17) is 9.47 Å². The lowest BCUT2D eigenvalue weighted by Gasteiger charge is -2.29. The molecule has 2 heterocycles. The van der Waals surface area contributed by atoms with Crippen LogP contribution in [0.25, 0.3) is 0 Å². The zero-order chi connectivity index (χ0) is 24.3. The number of halogens is 1. The van der Waals surface area contributed by atoms with Crippen molar-refractivity contribution in [2.75, 3.05) is 56.7 Å². The molecular formula is C23H26FN3O6S. The number of sulfonamides is 1. The number of anilines is 2. The average molecular weight is 492 g/mol. The summed E-state index contributed by atoms with van der Waals surface area (Å²) in [6.07, 6.45) is 1.41. The quantitative estimate of drug-likeness (QED) is 0.619. The molecule has 0 bridgehead atoms. The summed E-state index contributed by atoms with van der Waals surface area (Å²) in [5.41, 5.74) is 1.07. The Bertz CT molecular complexity index is 1190. The minimum atomic E-state index is -4.05. The number of nitrogens with zero attached hydrogens (tertiary/aromatic N) is 2. The van der Waals surface area contributed by atoms with E-state index < -0.39 is 32.6 Å². The van der Waals surface area contributed by atoms with Gasteiger partial charge in [0.2, 0.25) is 10.0 Å². The highest BCUT2D eigenvalue weighted by molar-refractivity contribution is 7.89. The largest absolute Gasteiger partial charge is 0.465 e. The van der Waals surface area contributed by atoms with Crippen LogP contribution in [-0.4, -0.2) is 71.1 Å². The number of hydrogen-bond donors (Lipinski definition) is 1. The molecule has 2 aliphatic rings. The molecule has 11 heteroatoms. The fraction of sp³-hybridized carbons (Fsp3) is 0.391. The maximum absolute atomic E-state index is 14.4. The van der Waals surface area contributed by atoms with Gasteiger partial charge in [-0.2, -0.15) is 4.31 Å². The highest BCUT2D eigenvalue weighted by Crippen LogP contribution is 2.27. The number of ether oxygens (including phenoxy) is 2. The first-order valence-electron chi connectivity index (χ1n) is 11.0. The lowest BCUT2D eigenvalue weighted by Crippen LogP contribution is -2.36. The predicted molar refractivity (Wildman–Crippen MR) is 123 cm³/mol. The van der Waals surface area contributed by atoms with E-state index in [0.717, 1.165) is 17.8 Å². The Kier molecular flexibility index (Phi) is 7.15. The lowest BCUT2D eigenvalue weighted by atomic mass is 10.1. The number of methoxy groups -OCH3 is 1. The third-order valence-electron chi connectivity index (χ3n) is 5.91. The molecule has 0 radical (unpaired) electrons. The van der Waals surface area contributed by atoms with Gasteiger partial charge in [-0.15, -0.1) is 0 Å². The van der Waals surface area contributed by atoms with Gasteiger partial charge in [0.25, 0.3) is 5.91 Å². The van der Waals surface area contributed by atoms with Crippen molar-refractivity contribution in [1.82, 2.24) is 4.31 Å². The van der Waals surface area contributed by atoms with Crippen molar-refractivity contribution in [3.05, 3.63) is 53.3 Å². The van der Waals surface area contributed by atoms with Crippen LogP contribution in [0.2, 0.25) is 0 Å². The van der Waals surface area contributed by atoms with Crippen molar-refractivity contribution in [3.63, 3.8) is 0 Å². The van der Waals surface area contributed by atoms with Crippen molar-refractivity contribution < 1.29 is 31.9 Å². The second-order valence-electron chi connectivity index (χ2n) is 8.03. The van der Waals surface area contributed by atoms with Crippen LogP contribution in [0.5, 0.6) is 0 Å². The van der Waals surface area contributed by atoms with Crippen molar-refractivity contribution in [3.8, 4) is 0 Å². The van der Waals surface area contributed by atoms with Gasteiger partial charge in [-0.25, -0.2) is 17.6 Å². The van der Waals surface area contributed by atoms with Gasteiger partial charge >= 0.3 is 5.97 Å². The van der Waals surface area contributed by atoms with Crippen LogP contribution in [0.1, 0.15) is 33.6 Å². The van der Waals surface area contributed by atoms with Gasteiger partial charge in [0.05, 0.1) is 31.6 Å². The molecule has 182 valence electrons. The molecule has 0 saturated carbocycles. The smallest absolute Gasteiger partial charge is 0.340 e. The molecule has 2 fully saturated rings. The van der Waals surface area contributed by atoms with Crippen LogP contribution in [-0.2, 0) is 19.5 Å². The molecule has 1 N–H and O–H groups in total. The van der Waals surface area contributed by atoms with Crippen LogP contribution >= 0.6 is 0 Å². The van der Waals surface area contributed by atoms with Crippen LogP contribution in [0, 0.1) is 5.82 Å². The summed E-state index contributed by atoms with van der Waals surface area (Å²) in [5, 5.41) is 2.63. The summed E-state index contributed by atoms with van der Waals surface area (Å²) in [5.74, 6) is -2.24. The Hall–Kier alpha value is -3.02. The molecule has 0 spiro atoms. The number of nitrogens with one attached hydrogen (secondary N) is 1. The van der Waals surface area contributed by atoms with Crippen molar-refractivity contribution in [2.45, 2.75) is 17.7 Å². The number of benzene rings is 2. The number of carbonyl (C=O) groups is 2. The molecule has 34 heavy (non-hydrogen) atoms. The van der Waals surface area contributed by atoms with Crippen LogP contribution in [0.3, 0.4) is 0 Å². The third-order valence-corrected chi connectivity index (χ3v) is 7.82. The first-order chi connectivity index (χ1) is 16.3. The molecule has 9 nitrogen and oxygen atoms in total. The summed E-state index contributed by atoms with van der Waals surface area (Å²) in [6, 6.07) is 8.16. The van der Waals surface area contributed by atoms with Gasteiger partial charge < -0.3 is 19.7 Å². The van der Waals surface area contributed by atoms with Crippen molar-refractivity contribution >= 4 is 33.3 Å². The van der Waals surface area contributed by atoms with Crippen molar-refractivity contribution in [1.29, 1.82) is 0 Å². The van der Waals surface area contributed by atoms with Gasteiger partial charge in [-0.3, -0.25) is 4.79 Å². The number of esters is 1. The van der Waals surface area contributed by atoms with E-state index in [1.54, 1.807) is 18.2 Å². The van der Waals surface area contributed by atoms with E-state index in [-0.39, 0.29) is 16.8 Å². The van der Waals surface area contributed by atoms with E-state index in [1.807, 2.05) is 0 Å². The Morgan fingerprint density at radius 2 is 1.74 bits per heavy atom. The predicted octanol–water partition coefficient (Wildman–Crippen LogP) is 2.49. The second kappa shape index (κ2) is 10.1. The number of amides is 1. The maximum atomic E-state index is 14.4. The summed E-state index contributed by atoms with van der Waals surface area (Å²) in [6.45, 7) is 3.09. The second-order valence-corrected chi connectivity index (χ2v) is 9.94. The van der Waals surface area contributed by atoms with E-state index in [0.29, 0.717) is 52.2 Å². The minimum Gasteiger partial charge on any atom is -0.465 e. The lowest BCUT2D eigenvalue weighted by molar-refractivity contribution is 0.0602. The zero-order valence-corrected chi connectivity index (χ0v) is 19.6. The van der Waals surface area contributed by atoms with Crippen LogP contribution in [0.15, 0.2) is 41.3 Å². The molecule has 2 aromatic rings. The molecular weight excluding hydrogens is 465 g/mol. The maximum Gasteiger partial charge on any atom is 0.340 e. The normalized spacial score (nSPS) is 16.9. The van der Waals surface area contributed by atoms with E-state index >= 15 is 0 Å². The van der Waals surface area contributed by atoms with Gasteiger partial charge in [0.15, 0.2) is 0 Å². The number of carbonyl (C=O) groups excluding carboxylic acids is 2. The van der Waals surface area contributed by atoms with Gasteiger partial charge in [0.1, 0.15) is 10.7 Å². The van der Waals surface area contributed by atoms with Crippen LogP contribution < -0.4 is 10.2 Å². The molecule has 2 aromatic carbocycles. The molecule has 4 rings (SSSR count). The van der Waals surface area contributed by atoms with E-state index in [2.05, 4.69) is 10.2 Å². The van der Waals surface area contributed by atoms with Crippen LogP contribution in [0.4, 0.5) is 15.8 Å². The summed E-state index contributed by atoms with van der Waals surface area (Å²) < 4.78 is 51.6. The minimum absolute atomic E-state index is 0.0488. The Labute approximate surface area is 197 Å². The molecule has 0 unspecified atom stereocenters. The van der Waals surface area contributed by atoms with Gasteiger partial charge in [-0.1, -0.05) is 0 Å². The topological polar surface area (TPSA) is 105 Å². The highest BCUT2D eigenvalue weighted by Gasteiger charge is 2.30. The molecule has 2 aliphatic heterocycles. The summed E-state index contributed by atoms with van der Waals surface area (Å²) in [7, 11) is -2.81. The third kappa shape index (κ3) is 4.91. The highest BCUT2D eigenvalue weighted by atomic mass is 32.2. The molecule has 0 aliphatic carbocycles. The molecule has 0 aromatic heterocycles. The zero-order valence-electron chi connectivity index (χ0n) is 18.8. The summed E-state index contributed by atoms with van der Waals surface area (Å²) >= 11 is 0. The first-order valence-corrected chi connectivity index (χ1v) is 12.4.